The Morgan fingerprint density at radius 3 is 2.56 bits per heavy atom. The van der Waals surface area contributed by atoms with Crippen molar-refractivity contribution in [2.45, 2.75) is 39.3 Å². The molecule has 18 heavy (non-hydrogen) atoms. The maximum Gasteiger partial charge on any atom is 0.146 e. The lowest BCUT2D eigenvalue weighted by Gasteiger charge is -2.34. The Morgan fingerprint density at radius 2 is 2.06 bits per heavy atom. The highest BCUT2D eigenvalue weighted by Gasteiger charge is 2.24. The number of nitrogens with zero attached hydrogens (tertiary/aromatic N) is 1. The van der Waals surface area contributed by atoms with Crippen LogP contribution in [0.25, 0.3) is 0 Å². The van der Waals surface area contributed by atoms with Gasteiger partial charge in [-0.05, 0) is 32.9 Å². The van der Waals surface area contributed by atoms with Gasteiger partial charge in [-0.1, -0.05) is 30.7 Å². The Kier molecular flexibility index (Phi) is 6.06. The lowest BCUT2D eigenvalue weighted by molar-refractivity contribution is 0.154. The third kappa shape index (κ3) is 3.44. The minimum atomic E-state index is -0.351. The molecule has 0 aliphatic rings. The Morgan fingerprint density at radius 1 is 1.39 bits per heavy atom. The summed E-state index contributed by atoms with van der Waals surface area (Å²) in [6.07, 6.45) is 1.01. The first kappa shape index (κ1) is 15.4. The van der Waals surface area contributed by atoms with Crippen molar-refractivity contribution in [2.24, 2.45) is 5.73 Å². The van der Waals surface area contributed by atoms with Crippen LogP contribution in [-0.4, -0.2) is 24.0 Å². The van der Waals surface area contributed by atoms with Crippen molar-refractivity contribution in [3.63, 3.8) is 0 Å². The van der Waals surface area contributed by atoms with Gasteiger partial charge in [0.15, 0.2) is 0 Å². The van der Waals surface area contributed by atoms with Gasteiger partial charge < -0.3 is 5.73 Å². The molecule has 0 saturated heterocycles. The van der Waals surface area contributed by atoms with E-state index in [1.807, 2.05) is 0 Å². The van der Waals surface area contributed by atoms with Gasteiger partial charge in [0.05, 0.1) is 11.1 Å². The zero-order chi connectivity index (χ0) is 13.7. The van der Waals surface area contributed by atoms with E-state index in [0.29, 0.717) is 18.2 Å². The maximum atomic E-state index is 14.1. The molecule has 102 valence electrons. The third-order valence-electron chi connectivity index (χ3n) is 3.11. The molecule has 0 aromatic heterocycles. The van der Waals surface area contributed by atoms with Crippen molar-refractivity contribution in [2.75, 3.05) is 13.1 Å². The van der Waals surface area contributed by atoms with E-state index in [1.165, 1.54) is 0 Å². The average molecular weight is 273 g/mol. The molecule has 0 bridgehead atoms. The summed E-state index contributed by atoms with van der Waals surface area (Å²) in [7, 11) is 0. The number of benzene rings is 1. The number of nitrogens with two attached hydrogens (primary N) is 1. The molecule has 1 atom stereocenters. The summed E-state index contributed by atoms with van der Waals surface area (Å²) in [5.41, 5.74) is 6.43. The van der Waals surface area contributed by atoms with E-state index in [1.54, 1.807) is 18.2 Å². The van der Waals surface area contributed by atoms with Crippen LogP contribution in [0.1, 0.15) is 38.8 Å². The second-order valence-electron chi connectivity index (χ2n) is 4.73. The number of hydrogen-bond acceptors (Lipinski definition) is 2. The van der Waals surface area contributed by atoms with E-state index in [9.17, 15) is 4.39 Å². The molecule has 0 spiro atoms. The van der Waals surface area contributed by atoms with E-state index in [0.717, 1.165) is 13.0 Å². The summed E-state index contributed by atoms with van der Waals surface area (Å²) >= 11 is 5.84. The third-order valence-corrected chi connectivity index (χ3v) is 3.40. The zero-order valence-electron chi connectivity index (χ0n) is 11.3. The molecule has 0 radical (unpaired) electrons. The predicted molar refractivity (Wildman–Crippen MR) is 75.3 cm³/mol. The second-order valence-corrected chi connectivity index (χ2v) is 5.13. The van der Waals surface area contributed by atoms with Crippen LogP contribution in [0.5, 0.6) is 0 Å². The summed E-state index contributed by atoms with van der Waals surface area (Å²) in [6, 6.07) is 5.30. The first-order valence-corrected chi connectivity index (χ1v) is 6.80. The molecule has 2 N–H and O–H groups in total. The van der Waals surface area contributed by atoms with Crippen LogP contribution in [0, 0.1) is 5.82 Å². The Labute approximate surface area is 114 Å². The molecule has 1 rings (SSSR count). The fourth-order valence-electron chi connectivity index (χ4n) is 2.25. The van der Waals surface area contributed by atoms with Gasteiger partial charge in [0.25, 0.3) is 0 Å². The van der Waals surface area contributed by atoms with Crippen LogP contribution in [0.15, 0.2) is 18.2 Å². The lowest BCUT2D eigenvalue weighted by atomic mass is 10.0. The van der Waals surface area contributed by atoms with Gasteiger partial charge in [0.2, 0.25) is 0 Å². The highest BCUT2D eigenvalue weighted by molar-refractivity contribution is 6.30. The van der Waals surface area contributed by atoms with E-state index in [2.05, 4.69) is 25.7 Å². The first-order valence-electron chi connectivity index (χ1n) is 6.42. The van der Waals surface area contributed by atoms with Crippen LogP contribution in [0.3, 0.4) is 0 Å². The van der Waals surface area contributed by atoms with Crippen LogP contribution >= 0.6 is 11.6 Å². The molecule has 0 saturated carbocycles. The number of halogens is 2. The standard InChI is InChI=1S/C14H22ClFN2/c1-4-8-18(10(2)3)13(9-17)11-6-5-7-12(15)14(11)16/h5-7,10,13H,4,8-9,17H2,1-3H3. The van der Waals surface area contributed by atoms with Crippen molar-refractivity contribution in [1.82, 2.24) is 4.90 Å². The molecular formula is C14H22ClFN2. The van der Waals surface area contributed by atoms with E-state index < -0.39 is 0 Å². The molecule has 1 unspecified atom stereocenters. The van der Waals surface area contributed by atoms with Crippen LogP contribution in [-0.2, 0) is 0 Å². The molecule has 1 aromatic carbocycles. The van der Waals surface area contributed by atoms with Gasteiger partial charge in [-0.3, -0.25) is 4.90 Å². The molecule has 1 aromatic rings. The number of rotatable bonds is 6. The van der Waals surface area contributed by atoms with Gasteiger partial charge >= 0.3 is 0 Å². The molecule has 4 heteroatoms. The van der Waals surface area contributed by atoms with Gasteiger partial charge in [-0.25, -0.2) is 4.39 Å². The normalized spacial score (nSPS) is 13.3. The summed E-state index contributed by atoms with van der Waals surface area (Å²) in [5, 5.41) is 0.158. The highest BCUT2D eigenvalue weighted by Crippen LogP contribution is 2.28. The number of hydrogen-bond donors (Lipinski definition) is 1. The van der Waals surface area contributed by atoms with E-state index in [4.69, 9.17) is 17.3 Å². The fraction of sp³-hybridized carbons (Fsp3) is 0.571. The first-order chi connectivity index (χ1) is 8.52. The molecule has 0 aliphatic heterocycles. The quantitative estimate of drug-likeness (QED) is 0.857. The summed E-state index contributed by atoms with van der Waals surface area (Å²) < 4.78 is 14.1. The second kappa shape index (κ2) is 7.07. The van der Waals surface area contributed by atoms with Gasteiger partial charge in [0, 0.05) is 18.2 Å². The maximum absolute atomic E-state index is 14.1. The van der Waals surface area contributed by atoms with Gasteiger partial charge in [-0.2, -0.15) is 0 Å². The topological polar surface area (TPSA) is 29.3 Å². The Hall–Kier alpha value is -0.640. The van der Waals surface area contributed by atoms with Crippen molar-refractivity contribution in [3.8, 4) is 0 Å². The summed E-state index contributed by atoms with van der Waals surface area (Å²) in [6.45, 7) is 7.58. The molecular weight excluding hydrogens is 251 g/mol. The van der Waals surface area contributed by atoms with Crippen LogP contribution < -0.4 is 5.73 Å². The minimum Gasteiger partial charge on any atom is -0.329 e. The minimum absolute atomic E-state index is 0.122. The van der Waals surface area contributed by atoms with Crippen LogP contribution in [0.2, 0.25) is 5.02 Å². The molecule has 0 aliphatic carbocycles. The molecule has 0 heterocycles. The lowest BCUT2D eigenvalue weighted by Crippen LogP contribution is -2.39. The molecule has 0 fully saturated rings. The van der Waals surface area contributed by atoms with Crippen molar-refractivity contribution in [3.05, 3.63) is 34.6 Å². The molecule has 0 amide bonds. The van der Waals surface area contributed by atoms with Crippen molar-refractivity contribution < 1.29 is 4.39 Å². The van der Waals surface area contributed by atoms with Gasteiger partial charge in [-0.15, -0.1) is 0 Å². The van der Waals surface area contributed by atoms with Crippen molar-refractivity contribution in [1.29, 1.82) is 0 Å². The monoisotopic (exact) mass is 272 g/mol. The molecule has 2 nitrogen and oxygen atoms in total. The Balaban J connectivity index is 3.10. The highest BCUT2D eigenvalue weighted by atomic mass is 35.5. The fourth-order valence-corrected chi connectivity index (χ4v) is 2.43. The summed E-state index contributed by atoms with van der Waals surface area (Å²) in [5.74, 6) is -0.351. The van der Waals surface area contributed by atoms with E-state index in [-0.39, 0.29) is 16.9 Å². The largest absolute Gasteiger partial charge is 0.329 e. The van der Waals surface area contributed by atoms with Crippen LogP contribution in [0.4, 0.5) is 4.39 Å². The SMILES string of the molecule is CCCN(C(C)C)C(CN)c1cccc(Cl)c1F. The van der Waals surface area contributed by atoms with Gasteiger partial charge in [0.1, 0.15) is 5.82 Å². The average Bonchev–Trinajstić information content (AvgIpc) is 2.33. The summed E-state index contributed by atoms with van der Waals surface area (Å²) in [4.78, 5) is 2.22. The predicted octanol–water partition coefficient (Wildman–Crippen LogP) is 3.60. The zero-order valence-corrected chi connectivity index (χ0v) is 12.0. The smallest absolute Gasteiger partial charge is 0.146 e. The van der Waals surface area contributed by atoms with Crippen molar-refractivity contribution >= 4 is 11.6 Å². The Bertz CT molecular complexity index is 382. The van der Waals surface area contributed by atoms with E-state index >= 15 is 0 Å².